The van der Waals surface area contributed by atoms with E-state index >= 15 is 0 Å². The molecule has 0 fully saturated rings. The maximum absolute atomic E-state index is 11.4. The number of para-hydroxylation sites is 1. The van der Waals surface area contributed by atoms with Crippen LogP contribution >= 0.6 is 0 Å². The molecule has 4 rings (SSSR count). The molecule has 1 aliphatic heterocycles. The number of aromatic amines is 1. The van der Waals surface area contributed by atoms with Crippen molar-refractivity contribution < 1.29 is 8.76 Å². The van der Waals surface area contributed by atoms with E-state index in [-0.39, 0.29) is 11.9 Å². The number of aryl methyl sites for hydroxylation is 1. The average molecular weight is 340 g/mol. The van der Waals surface area contributed by atoms with Crippen LogP contribution in [0.15, 0.2) is 48.5 Å². The number of nitrogens with one attached hydrogen (secondary N) is 1. The van der Waals surface area contributed by atoms with Gasteiger partial charge in [0, 0.05) is 23.1 Å². The summed E-state index contributed by atoms with van der Waals surface area (Å²) in [7, 11) is 0. The van der Waals surface area contributed by atoms with Crippen molar-refractivity contribution in [2.24, 2.45) is 0 Å². The van der Waals surface area contributed by atoms with Gasteiger partial charge < -0.3 is 9.54 Å². The van der Waals surface area contributed by atoms with Crippen LogP contribution in [0.3, 0.4) is 0 Å². The zero-order valence-corrected chi connectivity index (χ0v) is 14.3. The van der Waals surface area contributed by atoms with E-state index in [1.165, 1.54) is 16.5 Å². The maximum atomic E-state index is 11.4. The van der Waals surface area contributed by atoms with Gasteiger partial charge in [0.05, 0.1) is 6.04 Å². The van der Waals surface area contributed by atoms with Gasteiger partial charge >= 0.3 is 0 Å². The Morgan fingerprint density at radius 2 is 1.96 bits per heavy atom. The summed E-state index contributed by atoms with van der Waals surface area (Å²) in [6, 6.07) is 16.8. The predicted molar refractivity (Wildman–Crippen MR) is 97.4 cm³/mol. The van der Waals surface area contributed by atoms with Crippen LogP contribution in [0.25, 0.3) is 10.9 Å². The standard InChI is InChI=1S/C19H20N2O2S/c1-13-6-8-14(9-7-13)19-18-16(10-11-21(19)12-24(22)23)15-4-2-3-5-17(15)20-18/h2-9,19-20H,10-12H2,1H3,(H,22,23). The van der Waals surface area contributed by atoms with Crippen LogP contribution in [0.4, 0.5) is 0 Å². The van der Waals surface area contributed by atoms with Gasteiger partial charge in [-0.15, -0.1) is 0 Å². The van der Waals surface area contributed by atoms with Crippen molar-refractivity contribution in [3.8, 4) is 0 Å². The molecule has 4 nitrogen and oxygen atoms in total. The Labute approximate surface area is 143 Å². The molecule has 0 saturated carbocycles. The SMILES string of the molecule is Cc1ccc(C2c3[nH]c4ccccc4c3CCN2CS(=O)O)cc1. The smallest absolute Gasteiger partial charge is 0.167 e. The molecule has 0 spiro atoms. The topological polar surface area (TPSA) is 56.3 Å². The van der Waals surface area contributed by atoms with Gasteiger partial charge in [0.2, 0.25) is 0 Å². The van der Waals surface area contributed by atoms with E-state index in [9.17, 15) is 8.76 Å². The molecular weight excluding hydrogens is 320 g/mol. The fourth-order valence-electron chi connectivity index (χ4n) is 3.70. The zero-order chi connectivity index (χ0) is 16.7. The summed E-state index contributed by atoms with van der Waals surface area (Å²) in [6.07, 6.45) is 0.888. The molecule has 2 heterocycles. The van der Waals surface area contributed by atoms with Gasteiger partial charge in [-0.05, 0) is 30.5 Å². The van der Waals surface area contributed by atoms with Crippen LogP contribution in [0.5, 0.6) is 0 Å². The van der Waals surface area contributed by atoms with Gasteiger partial charge in [0.15, 0.2) is 11.1 Å². The van der Waals surface area contributed by atoms with E-state index in [1.807, 2.05) is 6.07 Å². The van der Waals surface area contributed by atoms with E-state index in [4.69, 9.17) is 0 Å². The van der Waals surface area contributed by atoms with Crippen LogP contribution in [0.1, 0.15) is 28.4 Å². The lowest BCUT2D eigenvalue weighted by atomic mass is 9.92. The van der Waals surface area contributed by atoms with Crippen LogP contribution in [-0.2, 0) is 17.5 Å². The van der Waals surface area contributed by atoms with Gasteiger partial charge in [0.1, 0.15) is 5.88 Å². The highest BCUT2D eigenvalue weighted by Gasteiger charge is 2.32. The van der Waals surface area contributed by atoms with E-state index < -0.39 is 11.1 Å². The first-order valence-corrected chi connectivity index (χ1v) is 9.38. The minimum Gasteiger partial charge on any atom is -0.357 e. The third kappa shape index (κ3) is 2.69. The fraction of sp³-hybridized carbons (Fsp3) is 0.263. The molecule has 1 aliphatic rings. The van der Waals surface area contributed by atoms with Gasteiger partial charge in [0.25, 0.3) is 0 Å². The predicted octanol–water partition coefficient (Wildman–Crippen LogP) is 3.60. The number of hydrogen-bond acceptors (Lipinski definition) is 2. The highest BCUT2D eigenvalue weighted by Crippen LogP contribution is 2.38. The van der Waals surface area contributed by atoms with Crippen LogP contribution < -0.4 is 0 Å². The number of benzene rings is 2. The summed E-state index contributed by atoms with van der Waals surface area (Å²) in [5.41, 5.74) is 5.97. The number of rotatable bonds is 3. The summed E-state index contributed by atoms with van der Waals surface area (Å²) in [5, 5.41) is 1.26. The molecule has 5 heteroatoms. The lowest BCUT2D eigenvalue weighted by Gasteiger charge is -2.35. The van der Waals surface area contributed by atoms with Crippen molar-refractivity contribution in [1.82, 2.24) is 9.88 Å². The minimum absolute atomic E-state index is 0.0159. The quantitative estimate of drug-likeness (QED) is 0.716. The molecule has 2 N–H and O–H groups in total. The van der Waals surface area contributed by atoms with Crippen LogP contribution in [-0.4, -0.2) is 31.1 Å². The molecule has 0 saturated heterocycles. The molecule has 2 unspecified atom stereocenters. The number of fused-ring (bicyclic) bond motifs is 3. The Balaban J connectivity index is 1.87. The molecule has 0 bridgehead atoms. The fourth-order valence-corrected chi connectivity index (χ4v) is 4.26. The molecular formula is C19H20N2O2S. The van der Waals surface area contributed by atoms with Crippen LogP contribution in [0, 0.1) is 6.92 Å². The van der Waals surface area contributed by atoms with E-state index in [2.05, 4.69) is 59.3 Å². The number of nitrogens with zero attached hydrogens (tertiary/aromatic N) is 1. The summed E-state index contributed by atoms with van der Waals surface area (Å²) in [5.74, 6) is 0.160. The van der Waals surface area contributed by atoms with Gasteiger partial charge in [-0.2, -0.15) is 0 Å². The molecule has 1 aromatic heterocycles. The van der Waals surface area contributed by atoms with Crippen LogP contribution in [0.2, 0.25) is 0 Å². The van der Waals surface area contributed by atoms with E-state index in [0.717, 1.165) is 29.7 Å². The minimum atomic E-state index is -1.84. The first-order chi connectivity index (χ1) is 11.6. The molecule has 0 aliphatic carbocycles. The summed E-state index contributed by atoms with van der Waals surface area (Å²) in [4.78, 5) is 5.66. The Kier molecular flexibility index (Phi) is 4.00. The summed E-state index contributed by atoms with van der Waals surface area (Å²) in [6.45, 7) is 2.85. The second-order valence-corrected chi connectivity index (χ2v) is 7.29. The van der Waals surface area contributed by atoms with Gasteiger partial charge in [-0.1, -0.05) is 48.0 Å². The zero-order valence-electron chi connectivity index (χ0n) is 13.5. The monoisotopic (exact) mass is 340 g/mol. The van der Waals surface area contributed by atoms with Crippen molar-refractivity contribution in [2.75, 3.05) is 12.4 Å². The number of H-pyrrole nitrogens is 1. The molecule has 124 valence electrons. The summed E-state index contributed by atoms with van der Waals surface area (Å²) < 4.78 is 20.9. The van der Waals surface area contributed by atoms with Gasteiger partial charge in [-0.3, -0.25) is 4.90 Å². The van der Waals surface area contributed by atoms with E-state index in [0.29, 0.717) is 0 Å². The van der Waals surface area contributed by atoms with Crippen molar-refractivity contribution in [2.45, 2.75) is 19.4 Å². The normalized spacial score (nSPS) is 19.3. The van der Waals surface area contributed by atoms with Gasteiger partial charge in [-0.25, -0.2) is 4.21 Å². The second-order valence-electron chi connectivity index (χ2n) is 6.39. The maximum Gasteiger partial charge on any atom is 0.167 e. The van der Waals surface area contributed by atoms with Crippen molar-refractivity contribution >= 4 is 22.0 Å². The molecule has 0 radical (unpaired) electrons. The highest BCUT2D eigenvalue weighted by atomic mass is 32.2. The van der Waals surface area contributed by atoms with E-state index in [1.54, 1.807) is 0 Å². The third-order valence-electron chi connectivity index (χ3n) is 4.80. The first kappa shape index (κ1) is 15.6. The molecule has 3 aromatic rings. The Bertz CT molecular complexity index is 901. The average Bonchev–Trinajstić information content (AvgIpc) is 2.94. The number of hydrogen-bond donors (Lipinski definition) is 2. The molecule has 2 aromatic carbocycles. The molecule has 2 atom stereocenters. The number of aromatic nitrogens is 1. The second kappa shape index (κ2) is 6.16. The molecule has 0 amide bonds. The van der Waals surface area contributed by atoms with Crippen molar-refractivity contribution in [1.29, 1.82) is 0 Å². The summed E-state index contributed by atoms with van der Waals surface area (Å²) >= 11 is -1.84. The Hall–Kier alpha value is -1.95. The Morgan fingerprint density at radius 3 is 2.71 bits per heavy atom. The lowest BCUT2D eigenvalue weighted by molar-refractivity contribution is 0.243. The molecule has 24 heavy (non-hydrogen) atoms. The van der Waals surface area contributed by atoms with Crippen molar-refractivity contribution in [3.63, 3.8) is 0 Å². The lowest BCUT2D eigenvalue weighted by Crippen LogP contribution is -2.38. The highest BCUT2D eigenvalue weighted by molar-refractivity contribution is 7.79. The van der Waals surface area contributed by atoms with Crippen molar-refractivity contribution in [3.05, 3.63) is 70.9 Å². The Morgan fingerprint density at radius 1 is 1.21 bits per heavy atom. The third-order valence-corrected chi connectivity index (χ3v) is 5.36. The largest absolute Gasteiger partial charge is 0.357 e. The first-order valence-electron chi connectivity index (χ1n) is 8.11.